The number of benzene rings is 1. The fourth-order valence-electron chi connectivity index (χ4n) is 2.72. The number of aryl methyl sites for hydroxylation is 1. The van der Waals surface area contributed by atoms with E-state index < -0.39 is 5.60 Å². The molecule has 0 aliphatic heterocycles. The average Bonchev–Trinajstić information content (AvgIpc) is 2.45. The maximum atomic E-state index is 12.7. The topological polar surface area (TPSA) is 47.6 Å². The van der Waals surface area contributed by atoms with Crippen molar-refractivity contribution in [2.45, 2.75) is 60.5 Å². The van der Waals surface area contributed by atoms with Gasteiger partial charge in [0, 0.05) is 12.3 Å². The van der Waals surface area contributed by atoms with Gasteiger partial charge in [-0.3, -0.25) is 4.79 Å². The molecule has 4 nitrogen and oxygen atoms in total. The van der Waals surface area contributed by atoms with Crippen LogP contribution in [-0.4, -0.2) is 24.7 Å². The van der Waals surface area contributed by atoms with Crippen molar-refractivity contribution in [1.29, 1.82) is 0 Å². The fraction of sp³-hybridized carbons (Fsp3) is 0.650. The van der Waals surface area contributed by atoms with Crippen molar-refractivity contribution in [3.8, 4) is 5.75 Å². The minimum absolute atomic E-state index is 0.103. The average molecular weight is 335 g/mol. The molecule has 1 N–H and O–H groups in total. The quantitative estimate of drug-likeness (QED) is 0.704. The summed E-state index contributed by atoms with van der Waals surface area (Å²) < 4.78 is 11.5. The summed E-state index contributed by atoms with van der Waals surface area (Å²) in [5.74, 6) is 1.61. The molecule has 0 aliphatic carbocycles. The van der Waals surface area contributed by atoms with Crippen molar-refractivity contribution in [2.24, 2.45) is 11.8 Å². The van der Waals surface area contributed by atoms with Crippen LogP contribution in [0.4, 0.5) is 5.69 Å². The summed E-state index contributed by atoms with van der Waals surface area (Å²) in [6, 6.07) is 5.73. The Hall–Kier alpha value is -1.55. The Morgan fingerprint density at radius 2 is 1.88 bits per heavy atom. The molecule has 0 spiro atoms. The van der Waals surface area contributed by atoms with Gasteiger partial charge in [-0.1, -0.05) is 27.7 Å². The van der Waals surface area contributed by atoms with E-state index in [1.54, 1.807) is 0 Å². The lowest BCUT2D eigenvalue weighted by molar-refractivity contribution is -0.140. The zero-order valence-electron chi connectivity index (χ0n) is 16.2. The van der Waals surface area contributed by atoms with Gasteiger partial charge in [-0.15, -0.1) is 0 Å². The first-order chi connectivity index (χ1) is 11.2. The minimum atomic E-state index is -0.816. The highest BCUT2D eigenvalue weighted by atomic mass is 16.5. The lowest BCUT2D eigenvalue weighted by Gasteiger charge is -2.30. The van der Waals surface area contributed by atoms with Crippen molar-refractivity contribution in [3.05, 3.63) is 23.8 Å². The summed E-state index contributed by atoms with van der Waals surface area (Å²) in [7, 11) is 0. The van der Waals surface area contributed by atoms with Crippen LogP contribution in [0.25, 0.3) is 0 Å². The first kappa shape index (κ1) is 20.5. The van der Waals surface area contributed by atoms with Crippen LogP contribution in [0.5, 0.6) is 5.75 Å². The largest absolute Gasteiger partial charge is 0.493 e. The number of carbonyl (C=O) groups excluding carboxylic acids is 1. The van der Waals surface area contributed by atoms with E-state index in [2.05, 4.69) is 33.0 Å². The molecule has 1 amide bonds. The third kappa shape index (κ3) is 6.16. The third-order valence-electron chi connectivity index (χ3n) is 3.75. The second-order valence-corrected chi connectivity index (χ2v) is 7.40. The maximum absolute atomic E-state index is 12.7. The van der Waals surface area contributed by atoms with Crippen LogP contribution in [0.15, 0.2) is 18.2 Å². The number of rotatable bonds is 9. The Morgan fingerprint density at radius 1 is 1.21 bits per heavy atom. The van der Waals surface area contributed by atoms with Crippen molar-refractivity contribution in [2.75, 3.05) is 18.5 Å². The number of hydrogen-bond acceptors (Lipinski definition) is 3. The maximum Gasteiger partial charge on any atom is 0.256 e. The summed E-state index contributed by atoms with van der Waals surface area (Å²) in [5.41, 5.74) is 0.961. The molecule has 0 heterocycles. The number of anilines is 1. The second kappa shape index (κ2) is 9.07. The molecule has 0 saturated carbocycles. The molecule has 1 aromatic rings. The molecule has 0 saturated heterocycles. The molecule has 0 aromatic heterocycles. The summed E-state index contributed by atoms with van der Waals surface area (Å²) in [6.45, 7) is 15.4. The molecule has 4 heteroatoms. The van der Waals surface area contributed by atoms with Crippen LogP contribution < -0.4 is 10.1 Å². The molecule has 0 bridgehead atoms. The van der Waals surface area contributed by atoms with Gasteiger partial charge in [-0.25, -0.2) is 0 Å². The molecule has 0 fully saturated rings. The highest BCUT2D eigenvalue weighted by molar-refractivity contribution is 5.97. The smallest absolute Gasteiger partial charge is 0.256 e. The van der Waals surface area contributed by atoms with Gasteiger partial charge < -0.3 is 14.8 Å². The molecule has 1 atom stereocenters. The highest BCUT2D eigenvalue weighted by Gasteiger charge is 2.34. The zero-order chi connectivity index (χ0) is 18.3. The van der Waals surface area contributed by atoms with Crippen molar-refractivity contribution in [3.63, 3.8) is 0 Å². The first-order valence-electron chi connectivity index (χ1n) is 8.86. The van der Waals surface area contributed by atoms with Crippen LogP contribution in [0.1, 0.15) is 53.5 Å². The van der Waals surface area contributed by atoms with E-state index in [-0.39, 0.29) is 5.91 Å². The Morgan fingerprint density at radius 3 is 2.38 bits per heavy atom. The van der Waals surface area contributed by atoms with Crippen LogP contribution in [-0.2, 0) is 9.53 Å². The molecule has 1 aromatic carbocycles. The van der Waals surface area contributed by atoms with Gasteiger partial charge >= 0.3 is 0 Å². The Labute approximate surface area is 146 Å². The van der Waals surface area contributed by atoms with E-state index in [0.29, 0.717) is 31.5 Å². The lowest BCUT2D eigenvalue weighted by atomic mass is 9.93. The monoisotopic (exact) mass is 335 g/mol. The SMILES string of the molecule is CCO[C@](C)(CC(C)C)C(=O)Nc1ccc(OCC(C)C)c(C)c1. The van der Waals surface area contributed by atoms with Gasteiger partial charge in [0.1, 0.15) is 11.4 Å². The van der Waals surface area contributed by atoms with Crippen LogP contribution >= 0.6 is 0 Å². The number of amides is 1. The predicted molar refractivity (Wildman–Crippen MR) is 99.6 cm³/mol. The second-order valence-electron chi connectivity index (χ2n) is 7.40. The fourth-order valence-corrected chi connectivity index (χ4v) is 2.72. The third-order valence-corrected chi connectivity index (χ3v) is 3.75. The first-order valence-corrected chi connectivity index (χ1v) is 8.86. The summed E-state index contributed by atoms with van der Waals surface area (Å²) in [4.78, 5) is 12.7. The molecule has 0 aliphatic rings. The Bertz CT molecular complexity index is 540. The summed E-state index contributed by atoms with van der Waals surface area (Å²) >= 11 is 0. The lowest BCUT2D eigenvalue weighted by Crippen LogP contribution is -2.44. The Balaban J connectivity index is 2.83. The summed E-state index contributed by atoms with van der Waals surface area (Å²) in [5, 5.41) is 2.99. The van der Waals surface area contributed by atoms with Crippen LogP contribution in [0.3, 0.4) is 0 Å². The van der Waals surface area contributed by atoms with E-state index in [1.807, 2.05) is 39.0 Å². The highest BCUT2D eigenvalue weighted by Crippen LogP contribution is 2.26. The molecular formula is C20H33NO3. The number of carbonyl (C=O) groups is 1. The van der Waals surface area contributed by atoms with Gasteiger partial charge in [0.15, 0.2) is 0 Å². The predicted octanol–water partition coefficient (Wildman–Crippen LogP) is 4.81. The number of hydrogen-bond donors (Lipinski definition) is 1. The molecule has 24 heavy (non-hydrogen) atoms. The van der Waals surface area contributed by atoms with Gasteiger partial charge in [0.25, 0.3) is 5.91 Å². The van der Waals surface area contributed by atoms with Gasteiger partial charge in [-0.05, 0) is 62.8 Å². The molecule has 136 valence electrons. The van der Waals surface area contributed by atoms with Gasteiger partial charge in [-0.2, -0.15) is 0 Å². The van der Waals surface area contributed by atoms with Crippen LogP contribution in [0, 0.1) is 18.8 Å². The molecule has 1 rings (SSSR count). The number of nitrogens with one attached hydrogen (secondary N) is 1. The molecule has 0 unspecified atom stereocenters. The van der Waals surface area contributed by atoms with Gasteiger partial charge in [0.05, 0.1) is 6.61 Å². The van der Waals surface area contributed by atoms with E-state index in [4.69, 9.17) is 9.47 Å². The number of ether oxygens (including phenoxy) is 2. The van der Waals surface area contributed by atoms with Crippen molar-refractivity contribution < 1.29 is 14.3 Å². The normalized spacial score (nSPS) is 13.9. The van der Waals surface area contributed by atoms with Crippen molar-refractivity contribution in [1.82, 2.24) is 0 Å². The Kier molecular flexibility index (Phi) is 7.74. The zero-order valence-corrected chi connectivity index (χ0v) is 16.2. The minimum Gasteiger partial charge on any atom is -0.493 e. The van der Waals surface area contributed by atoms with E-state index >= 15 is 0 Å². The molecule has 0 radical (unpaired) electrons. The van der Waals surface area contributed by atoms with E-state index in [0.717, 1.165) is 17.0 Å². The van der Waals surface area contributed by atoms with Crippen LogP contribution in [0.2, 0.25) is 0 Å². The van der Waals surface area contributed by atoms with E-state index in [1.165, 1.54) is 0 Å². The van der Waals surface area contributed by atoms with Gasteiger partial charge in [0.2, 0.25) is 0 Å². The summed E-state index contributed by atoms with van der Waals surface area (Å²) in [6.07, 6.45) is 0.682. The van der Waals surface area contributed by atoms with Crippen molar-refractivity contribution >= 4 is 11.6 Å². The molecular weight excluding hydrogens is 302 g/mol. The standard InChI is InChI=1S/C20H33NO3/c1-8-24-20(7,12-14(2)3)19(22)21-17-9-10-18(16(6)11-17)23-13-15(4)5/h9-11,14-15H,8,12-13H2,1-7H3,(H,21,22)/t20-/m1/s1. The van der Waals surface area contributed by atoms with E-state index in [9.17, 15) is 4.79 Å².